The second kappa shape index (κ2) is 10.2. The van der Waals surface area contributed by atoms with Gasteiger partial charge in [0.25, 0.3) is 5.91 Å². The fraction of sp³-hybridized carbons (Fsp3) is 0.261. The first-order chi connectivity index (χ1) is 14.9. The zero-order chi connectivity index (χ0) is 22.4. The number of nitrogens with one attached hydrogen (secondary N) is 1. The van der Waals surface area contributed by atoms with E-state index in [2.05, 4.69) is 10.3 Å². The number of aliphatic imine (C=N–C) groups is 1. The molecule has 0 bridgehead atoms. The minimum absolute atomic E-state index is 0.0480. The molecule has 1 aliphatic rings. The number of ether oxygens (including phenoxy) is 2. The van der Waals surface area contributed by atoms with E-state index >= 15 is 0 Å². The number of amidine groups is 1. The summed E-state index contributed by atoms with van der Waals surface area (Å²) in [4.78, 5) is 28.1. The van der Waals surface area contributed by atoms with Crippen molar-refractivity contribution in [2.24, 2.45) is 4.99 Å². The molecule has 2 aromatic rings. The number of amides is 1. The summed E-state index contributed by atoms with van der Waals surface area (Å²) in [7, 11) is 0. The van der Waals surface area contributed by atoms with Crippen molar-refractivity contribution in [3.63, 3.8) is 0 Å². The molecule has 0 radical (unpaired) electrons. The fourth-order valence-corrected chi connectivity index (χ4v) is 3.64. The quantitative estimate of drug-likeness (QED) is 0.589. The highest BCUT2D eigenvalue weighted by molar-refractivity contribution is 8.18. The van der Waals surface area contributed by atoms with E-state index in [1.807, 2.05) is 39.0 Å². The van der Waals surface area contributed by atoms with Crippen molar-refractivity contribution < 1.29 is 24.2 Å². The summed E-state index contributed by atoms with van der Waals surface area (Å²) >= 11 is 1.27. The Morgan fingerprint density at radius 1 is 1.13 bits per heavy atom. The number of benzene rings is 2. The number of aliphatic carboxylic acids is 1. The molecule has 0 aliphatic carbocycles. The SMILES string of the molecule is CCOc1cc(/C=C2/SC(=Nc3ccc(C)c(C)c3)NC2=O)ccc1OCCC(=O)O. The molecule has 1 heterocycles. The molecule has 2 N–H and O–H groups in total. The summed E-state index contributed by atoms with van der Waals surface area (Å²) in [5, 5.41) is 12.1. The summed E-state index contributed by atoms with van der Waals surface area (Å²) in [6.45, 7) is 6.39. The van der Waals surface area contributed by atoms with Gasteiger partial charge in [0.1, 0.15) is 0 Å². The first-order valence-corrected chi connectivity index (χ1v) is 10.7. The van der Waals surface area contributed by atoms with E-state index in [1.54, 1.807) is 24.3 Å². The maximum Gasteiger partial charge on any atom is 0.306 e. The van der Waals surface area contributed by atoms with Crippen molar-refractivity contribution in [2.45, 2.75) is 27.2 Å². The average Bonchev–Trinajstić information content (AvgIpc) is 3.05. The van der Waals surface area contributed by atoms with Crippen LogP contribution in [0.1, 0.15) is 30.0 Å². The lowest BCUT2D eigenvalue weighted by atomic mass is 10.1. The van der Waals surface area contributed by atoms with Crippen molar-refractivity contribution in [3.8, 4) is 11.5 Å². The average molecular weight is 441 g/mol. The second-order valence-corrected chi connectivity index (χ2v) is 7.91. The van der Waals surface area contributed by atoms with Crippen LogP contribution in [-0.4, -0.2) is 35.4 Å². The molecular weight excluding hydrogens is 416 g/mol. The molecule has 31 heavy (non-hydrogen) atoms. The van der Waals surface area contributed by atoms with Crippen molar-refractivity contribution >= 4 is 40.6 Å². The van der Waals surface area contributed by atoms with Crippen LogP contribution in [0.3, 0.4) is 0 Å². The van der Waals surface area contributed by atoms with Crippen LogP contribution < -0.4 is 14.8 Å². The van der Waals surface area contributed by atoms with Crippen molar-refractivity contribution in [3.05, 3.63) is 58.0 Å². The molecule has 8 heteroatoms. The third-order valence-corrected chi connectivity index (χ3v) is 5.42. The maximum absolute atomic E-state index is 12.4. The van der Waals surface area contributed by atoms with Crippen LogP contribution in [0.2, 0.25) is 0 Å². The molecule has 7 nitrogen and oxygen atoms in total. The van der Waals surface area contributed by atoms with E-state index in [1.165, 1.54) is 17.3 Å². The predicted molar refractivity (Wildman–Crippen MR) is 122 cm³/mol. The first kappa shape index (κ1) is 22.4. The molecule has 0 unspecified atom stereocenters. The number of carbonyl (C=O) groups excluding carboxylic acids is 1. The van der Waals surface area contributed by atoms with Crippen molar-refractivity contribution in [1.29, 1.82) is 0 Å². The fourth-order valence-electron chi connectivity index (χ4n) is 2.79. The third-order valence-electron chi connectivity index (χ3n) is 4.51. The molecule has 1 fully saturated rings. The van der Waals surface area contributed by atoms with E-state index in [0.717, 1.165) is 16.8 Å². The van der Waals surface area contributed by atoms with Gasteiger partial charge in [-0.2, -0.15) is 0 Å². The standard InChI is InChI=1S/C23H24N2O5S/c1-4-29-19-12-16(6-8-18(19)30-10-9-21(26)27)13-20-22(28)25-23(31-20)24-17-7-5-14(2)15(3)11-17/h5-8,11-13H,4,9-10H2,1-3H3,(H,26,27)(H,24,25,28)/b20-13+. The van der Waals surface area contributed by atoms with Gasteiger partial charge in [-0.1, -0.05) is 12.1 Å². The van der Waals surface area contributed by atoms with Gasteiger partial charge in [-0.25, -0.2) is 4.99 Å². The number of carboxylic acids is 1. The molecule has 2 aromatic carbocycles. The molecule has 1 saturated heterocycles. The Morgan fingerprint density at radius 2 is 1.94 bits per heavy atom. The number of rotatable bonds is 8. The number of aryl methyl sites for hydroxylation is 2. The highest BCUT2D eigenvalue weighted by Crippen LogP contribution is 2.32. The molecule has 1 amide bonds. The van der Waals surface area contributed by atoms with Gasteiger partial charge < -0.3 is 19.9 Å². The van der Waals surface area contributed by atoms with Crippen LogP contribution in [0.4, 0.5) is 5.69 Å². The van der Waals surface area contributed by atoms with Gasteiger partial charge in [0.05, 0.1) is 30.2 Å². The maximum atomic E-state index is 12.4. The van der Waals surface area contributed by atoms with Crippen LogP contribution in [0.5, 0.6) is 11.5 Å². The second-order valence-electron chi connectivity index (χ2n) is 6.88. The lowest BCUT2D eigenvalue weighted by molar-refractivity contribution is -0.137. The normalized spacial score (nSPS) is 15.9. The van der Waals surface area contributed by atoms with Crippen LogP contribution in [-0.2, 0) is 9.59 Å². The largest absolute Gasteiger partial charge is 0.490 e. The minimum atomic E-state index is -0.929. The smallest absolute Gasteiger partial charge is 0.306 e. The van der Waals surface area contributed by atoms with E-state index in [-0.39, 0.29) is 18.9 Å². The van der Waals surface area contributed by atoms with Gasteiger partial charge in [-0.3, -0.25) is 9.59 Å². The van der Waals surface area contributed by atoms with E-state index < -0.39 is 5.97 Å². The Labute approximate surface area is 185 Å². The number of hydrogen-bond donors (Lipinski definition) is 2. The molecule has 0 aromatic heterocycles. The number of carboxylic acid groups (broad SMARTS) is 1. The highest BCUT2D eigenvalue weighted by atomic mass is 32.2. The van der Waals surface area contributed by atoms with E-state index in [4.69, 9.17) is 14.6 Å². The molecule has 3 rings (SSSR count). The summed E-state index contributed by atoms with van der Waals surface area (Å²) in [5.41, 5.74) is 3.88. The summed E-state index contributed by atoms with van der Waals surface area (Å²) in [6.07, 6.45) is 1.66. The van der Waals surface area contributed by atoms with E-state index in [9.17, 15) is 9.59 Å². The van der Waals surface area contributed by atoms with Gasteiger partial charge >= 0.3 is 5.97 Å². The minimum Gasteiger partial charge on any atom is -0.490 e. The summed E-state index contributed by atoms with van der Waals surface area (Å²) in [6, 6.07) is 11.2. The van der Waals surface area contributed by atoms with Gasteiger partial charge in [0, 0.05) is 0 Å². The van der Waals surface area contributed by atoms with Gasteiger partial charge in [0.2, 0.25) is 0 Å². The Morgan fingerprint density at radius 3 is 2.65 bits per heavy atom. The lowest BCUT2D eigenvalue weighted by Crippen LogP contribution is -2.19. The molecular formula is C23H24N2O5S. The van der Waals surface area contributed by atoms with Crippen molar-refractivity contribution in [2.75, 3.05) is 13.2 Å². The third kappa shape index (κ3) is 6.11. The first-order valence-electron chi connectivity index (χ1n) is 9.84. The Bertz CT molecular complexity index is 1060. The number of nitrogens with zero attached hydrogens (tertiary/aromatic N) is 1. The lowest BCUT2D eigenvalue weighted by Gasteiger charge is -2.12. The topological polar surface area (TPSA) is 97.2 Å². The van der Waals surface area contributed by atoms with Crippen LogP contribution in [0.15, 0.2) is 46.3 Å². The molecule has 0 saturated carbocycles. The number of thioether (sulfide) groups is 1. The zero-order valence-electron chi connectivity index (χ0n) is 17.6. The number of hydrogen-bond acceptors (Lipinski definition) is 6. The van der Waals surface area contributed by atoms with Gasteiger partial charge in [-0.15, -0.1) is 0 Å². The van der Waals surface area contributed by atoms with Crippen LogP contribution in [0.25, 0.3) is 6.08 Å². The molecule has 0 spiro atoms. The van der Waals surface area contributed by atoms with Crippen molar-refractivity contribution in [1.82, 2.24) is 5.32 Å². The molecule has 1 aliphatic heterocycles. The predicted octanol–water partition coefficient (Wildman–Crippen LogP) is 4.45. The Hall–Kier alpha value is -3.26. The van der Waals surface area contributed by atoms with E-state index in [0.29, 0.717) is 28.2 Å². The van der Waals surface area contributed by atoms with Crippen LogP contribution >= 0.6 is 11.8 Å². The Kier molecular flexibility index (Phi) is 7.36. The van der Waals surface area contributed by atoms with Crippen LogP contribution in [0, 0.1) is 13.8 Å². The number of carbonyl (C=O) groups is 2. The molecule has 0 atom stereocenters. The zero-order valence-corrected chi connectivity index (χ0v) is 18.4. The molecule has 162 valence electrons. The monoisotopic (exact) mass is 440 g/mol. The summed E-state index contributed by atoms with van der Waals surface area (Å²) < 4.78 is 11.1. The van der Waals surface area contributed by atoms with Gasteiger partial charge in [0.15, 0.2) is 16.7 Å². The Balaban J connectivity index is 1.77. The highest BCUT2D eigenvalue weighted by Gasteiger charge is 2.24. The van der Waals surface area contributed by atoms with Gasteiger partial charge in [-0.05, 0) is 79.6 Å². The summed E-state index contributed by atoms with van der Waals surface area (Å²) in [5.74, 6) is -0.186.